The monoisotopic (exact) mass is 551 g/mol. The molecular formula is C21H14BrCl2NSZr-2. The minimum atomic E-state index is 0. The standard InChI is InChI=1S/C12H7BrN.C9H7.2ClH.S.Zr/c13-10-1-2-11-9(6-10)5-8-3-4-14-7-12(8)11;1-2-5-9-7-3-6-8(9)4-1;;;;/h1-4,7H,5H2;1-7H;2*1H;;/q2*-1;;;;+2/p-2. The zero-order valence-corrected chi connectivity index (χ0v) is 20.5. The summed E-state index contributed by atoms with van der Waals surface area (Å²) in [5, 5.41) is 2.66. The van der Waals surface area contributed by atoms with E-state index < -0.39 is 0 Å². The van der Waals surface area contributed by atoms with Gasteiger partial charge in [0.1, 0.15) is 0 Å². The van der Waals surface area contributed by atoms with Crippen molar-refractivity contribution in [3.8, 4) is 11.1 Å². The topological polar surface area (TPSA) is 12.9 Å². The van der Waals surface area contributed by atoms with E-state index in [0.717, 1.165) is 33.6 Å². The maximum Gasteiger partial charge on any atom is -0.0809 e. The third kappa shape index (κ3) is 5.92. The van der Waals surface area contributed by atoms with Gasteiger partial charge in [-0.2, -0.15) is 35.7 Å². The molecular weight excluding hydrogens is 540 g/mol. The fourth-order valence-corrected chi connectivity index (χ4v) is 3.35. The van der Waals surface area contributed by atoms with Crippen LogP contribution in [0.1, 0.15) is 11.1 Å². The van der Waals surface area contributed by atoms with Crippen LogP contribution in [0.3, 0.4) is 0 Å². The van der Waals surface area contributed by atoms with E-state index in [1.165, 1.54) is 33.0 Å². The SMILES string of the molecule is Brc1[c-]c2c(cc1)-c1cnccc1C2.[Cl-].[Cl-].[S]=[Zr+2].c1ccc2[cH-]ccc2c1. The summed E-state index contributed by atoms with van der Waals surface area (Å²) in [6.45, 7) is 0. The van der Waals surface area contributed by atoms with Crippen molar-refractivity contribution in [3.63, 3.8) is 0 Å². The molecule has 1 heterocycles. The molecule has 0 N–H and O–H groups in total. The average molecular weight is 554 g/mol. The van der Waals surface area contributed by atoms with E-state index in [9.17, 15) is 0 Å². The van der Waals surface area contributed by atoms with Crippen molar-refractivity contribution < 1.29 is 47.5 Å². The summed E-state index contributed by atoms with van der Waals surface area (Å²) in [6.07, 6.45) is 4.76. The van der Waals surface area contributed by atoms with Gasteiger partial charge in [-0.25, -0.2) is 0 Å². The Bertz CT molecular complexity index is 976. The van der Waals surface area contributed by atoms with Gasteiger partial charge in [0.15, 0.2) is 0 Å². The first kappa shape index (κ1) is 24.4. The van der Waals surface area contributed by atoms with Crippen molar-refractivity contribution in [3.05, 3.63) is 94.7 Å². The van der Waals surface area contributed by atoms with E-state index in [1.54, 1.807) is 0 Å². The molecule has 0 amide bonds. The molecule has 0 saturated carbocycles. The van der Waals surface area contributed by atoms with Crippen molar-refractivity contribution in [2.24, 2.45) is 0 Å². The van der Waals surface area contributed by atoms with Gasteiger partial charge in [-0.1, -0.05) is 32.0 Å². The van der Waals surface area contributed by atoms with Gasteiger partial charge in [0.2, 0.25) is 0 Å². The van der Waals surface area contributed by atoms with Crippen LogP contribution >= 0.6 is 24.8 Å². The fraction of sp³-hybridized carbons (Fsp3) is 0.0476. The van der Waals surface area contributed by atoms with Crippen LogP contribution < -0.4 is 24.8 Å². The predicted molar refractivity (Wildman–Crippen MR) is 106 cm³/mol. The van der Waals surface area contributed by atoms with Gasteiger partial charge in [-0.15, -0.1) is 40.8 Å². The number of fused-ring (bicyclic) bond motifs is 4. The Balaban J connectivity index is 0.000000247. The molecule has 1 nitrogen and oxygen atoms in total. The van der Waals surface area contributed by atoms with Crippen LogP contribution in [0.5, 0.6) is 0 Å². The number of hydrogen-bond acceptors (Lipinski definition) is 2. The Hall–Kier alpha value is -0.637. The summed E-state index contributed by atoms with van der Waals surface area (Å²) in [5.74, 6) is 0. The zero-order chi connectivity index (χ0) is 17.6. The van der Waals surface area contributed by atoms with Crippen LogP contribution in [0, 0.1) is 6.07 Å². The molecule has 4 aromatic rings. The predicted octanol–water partition coefficient (Wildman–Crippen LogP) is 0.428. The number of halogens is 3. The molecule has 0 fully saturated rings. The minimum Gasteiger partial charge on any atom is -0.168 e. The smallest absolute Gasteiger partial charge is 0.0809 e. The second kappa shape index (κ2) is 12.0. The van der Waals surface area contributed by atoms with E-state index in [1.807, 2.05) is 18.5 Å². The van der Waals surface area contributed by atoms with E-state index >= 15 is 0 Å². The van der Waals surface area contributed by atoms with Gasteiger partial charge in [0.05, 0.1) is 0 Å². The first-order valence-electron chi connectivity index (χ1n) is 7.76. The van der Waals surface area contributed by atoms with Gasteiger partial charge < -0.3 is 24.8 Å². The number of hydrogen-bond donors (Lipinski definition) is 0. The zero-order valence-electron chi connectivity index (χ0n) is 14.1. The molecule has 0 unspecified atom stereocenters. The molecule has 0 spiro atoms. The van der Waals surface area contributed by atoms with Crippen molar-refractivity contribution >= 4 is 35.6 Å². The summed E-state index contributed by atoms with van der Waals surface area (Å²) in [7, 11) is 4.17. The number of aromatic nitrogens is 1. The van der Waals surface area contributed by atoms with Crippen molar-refractivity contribution in [1.29, 1.82) is 0 Å². The molecule has 0 saturated heterocycles. The molecule has 3 aromatic carbocycles. The van der Waals surface area contributed by atoms with Crippen molar-refractivity contribution in [2.45, 2.75) is 6.42 Å². The van der Waals surface area contributed by atoms with Gasteiger partial charge in [0, 0.05) is 12.4 Å². The van der Waals surface area contributed by atoms with E-state index in [-0.39, 0.29) is 24.8 Å². The van der Waals surface area contributed by atoms with Crippen LogP contribution in [-0.4, -0.2) is 4.98 Å². The molecule has 0 radical (unpaired) electrons. The number of nitrogens with zero attached hydrogens (tertiary/aromatic N) is 1. The molecule has 0 atom stereocenters. The van der Waals surface area contributed by atoms with Gasteiger partial charge in [0.25, 0.3) is 0 Å². The Morgan fingerprint density at radius 3 is 2.56 bits per heavy atom. The Labute approximate surface area is 198 Å². The number of benzene rings is 2. The van der Waals surface area contributed by atoms with Gasteiger partial charge in [-0.3, -0.25) is 4.98 Å². The number of rotatable bonds is 0. The van der Waals surface area contributed by atoms with Gasteiger partial charge in [-0.05, 0) is 18.1 Å². The summed E-state index contributed by atoms with van der Waals surface area (Å²) in [5.41, 5.74) is 5.15. The molecule has 136 valence electrons. The molecule has 1 aromatic heterocycles. The Kier molecular flexibility index (Phi) is 10.9. The Morgan fingerprint density at radius 2 is 1.78 bits per heavy atom. The summed E-state index contributed by atoms with van der Waals surface area (Å²) >= 11 is 4.57. The normalized spacial score (nSPS) is 10.0. The maximum absolute atomic E-state index is 4.17. The van der Waals surface area contributed by atoms with E-state index in [2.05, 4.69) is 90.4 Å². The van der Waals surface area contributed by atoms with Gasteiger partial charge >= 0.3 is 31.5 Å². The van der Waals surface area contributed by atoms with Crippen LogP contribution in [0.2, 0.25) is 0 Å². The Morgan fingerprint density at radius 1 is 1.00 bits per heavy atom. The molecule has 0 bridgehead atoms. The summed E-state index contributed by atoms with van der Waals surface area (Å²) in [4.78, 5) is 4.15. The average Bonchev–Trinajstić information content (AvgIpc) is 3.27. The maximum atomic E-state index is 4.17. The van der Waals surface area contributed by atoms with Crippen LogP contribution in [0.15, 0.2) is 77.5 Å². The van der Waals surface area contributed by atoms with Crippen molar-refractivity contribution in [1.82, 2.24) is 4.98 Å². The molecule has 6 heteroatoms. The van der Waals surface area contributed by atoms with Crippen LogP contribution in [0.25, 0.3) is 21.9 Å². The molecule has 0 aliphatic heterocycles. The second-order valence-corrected chi connectivity index (χ2v) is 6.42. The molecule has 27 heavy (non-hydrogen) atoms. The fourth-order valence-electron chi connectivity index (χ4n) is 2.98. The first-order chi connectivity index (χ1) is 12.3. The van der Waals surface area contributed by atoms with E-state index in [4.69, 9.17) is 0 Å². The molecule has 1 aliphatic carbocycles. The minimum absolute atomic E-state index is 0. The second-order valence-electron chi connectivity index (χ2n) is 5.56. The molecule has 1 aliphatic rings. The summed E-state index contributed by atoms with van der Waals surface area (Å²) < 4.78 is 1.03. The molecule has 5 rings (SSSR count). The van der Waals surface area contributed by atoms with Crippen LogP contribution in [-0.2, 0) is 29.1 Å². The summed E-state index contributed by atoms with van der Waals surface area (Å²) in [6, 6.07) is 24.2. The third-order valence-corrected chi connectivity index (χ3v) is 4.57. The number of pyridine rings is 1. The largest absolute Gasteiger partial charge is 0.168 e. The van der Waals surface area contributed by atoms with E-state index in [0.29, 0.717) is 0 Å². The quantitative estimate of drug-likeness (QED) is 0.258. The first-order valence-corrected chi connectivity index (χ1v) is 12.0. The van der Waals surface area contributed by atoms with Crippen LogP contribution in [0.4, 0.5) is 0 Å². The third-order valence-electron chi connectivity index (χ3n) is 4.11. The van der Waals surface area contributed by atoms with Crippen molar-refractivity contribution in [2.75, 3.05) is 0 Å².